The van der Waals surface area contributed by atoms with Crippen molar-refractivity contribution in [1.29, 1.82) is 0 Å². The lowest BCUT2D eigenvalue weighted by Gasteiger charge is -2.21. The Balaban J connectivity index is 2.54. The Kier molecular flexibility index (Phi) is 2.06. The number of hydrogen-bond acceptors (Lipinski definition) is 1. The van der Waals surface area contributed by atoms with Crippen LogP contribution in [0.15, 0.2) is 0 Å². The summed E-state index contributed by atoms with van der Waals surface area (Å²) in [7, 11) is 0. The van der Waals surface area contributed by atoms with E-state index in [1.165, 1.54) is 12.8 Å². The second-order valence-corrected chi connectivity index (χ2v) is 3.04. The summed E-state index contributed by atoms with van der Waals surface area (Å²) < 4.78 is 0. The fourth-order valence-corrected chi connectivity index (χ4v) is 1.84. The SMILES string of the molecule is CC1CCC(C)N1C=S. The summed E-state index contributed by atoms with van der Waals surface area (Å²) in [6.07, 6.45) is 2.60. The van der Waals surface area contributed by atoms with Crippen LogP contribution in [-0.4, -0.2) is 22.5 Å². The maximum Gasteiger partial charge on any atom is 0.0645 e. The normalized spacial score (nSPS) is 35.1. The van der Waals surface area contributed by atoms with E-state index < -0.39 is 0 Å². The summed E-state index contributed by atoms with van der Waals surface area (Å²) in [6.45, 7) is 4.46. The number of nitrogens with zero attached hydrogens (tertiary/aromatic N) is 1. The Labute approximate surface area is 62.0 Å². The highest BCUT2D eigenvalue weighted by Crippen LogP contribution is 2.21. The van der Waals surface area contributed by atoms with Gasteiger partial charge in [-0.2, -0.15) is 0 Å². The lowest BCUT2D eigenvalue weighted by Crippen LogP contribution is -2.30. The van der Waals surface area contributed by atoms with E-state index in [9.17, 15) is 0 Å². The van der Waals surface area contributed by atoms with Crippen LogP contribution in [0.4, 0.5) is 0 Å². The van der Waals surface area contributed by atoms with E-state index in [4.69, 9.17) is 12.2 Å². The average Bonchev–Trinajstić information content (AvgIpc) is 2.12. The highest BCUT2D eigenvalue weighted by molar-refractivity contribution is 7.78. The van der Waals surface area contributed by atoms with Crippen molar-refractivity contribution in [3.05, 3.63) is 0 Å². The van der Waals surface area contributed by atoms with Gasteiger partial charge in [-0.15, -0.1) is 0 Å². The van der Waals surface area contributed by atoms with Crippen molar-refractivity contribution in [2.24, 2.45) is 0 Å². The molecule has 0 amide bonds. The Morgan fingerprint density at radius 1 is 1.33 bits per heavy atom. The highest BCUT2D eigenvalue weighted by Gasteiger charge is 2.23. The van der Waals surface area contributed by atoms with Gasteiger partial charge < -0.3 is 4.90 Å². The number of likely N-dealkylation sites (tertiary alicyclic amines) is 1. The third-order valence-corrected chi connectivity index (χ3v) is 2.39. The van der Waals surface area contributed by atoms with Crippen LogP contribution < -0.4 is 0 Å². The highest BCUT2D eigenvalue weighted by atomic mass is 32.1. The van der Waals surface area contributed by atoms with E-state index in [-0.39, 0.29) is 0 Å². The molecule has 0 N–H and O–H groups in total. The molecule has 1 fully saturated rings. The number of thiocarbonyl (C=S) groups is 1. The van der Waals surface area contributed by atoms with Crippen LogP contribution in [0.2, 0.25) is 0 Å². The third kappa shape index (κ3) is 1.23. The first-order valence-electron chi connectivity index (χ1n) is 3.48. The maximum absolute atomic E-state index is 4.87. The Bertz CT molecular complexity index is 103. The minimum absolute atomic E-state index is 0.678. The van der Waals surface area contributed by atoms with Crippen LogP contribution in [0.25, 0.3) is 0 Å². The fourth-order valence-electron chi connectivity index (χ4n) is 1.42. The van der Waals surface area contributed by atoms with Gasteiger partial charge >= 0.3 is 0 Å². The van der Waals surface area contributed by atoms with Crippen molar-refractivity contribution in [3.63, 3.8) is 0 Å². The predicted molar refractivity (Wildman–Crippen MR) is 43.7 cm³/mol. The molecule has 2 atom stereocenters. The zero-order valence-electron chi connectivity index (χ0n) is 6.00. The van der Waals surface area contributed by atoms with E-state index in [2.05, 4.69) is 18.7 Å². The quantitative estimate of drug-likeness (QED) is 0.515. The Morgan fingerprint density at radius 2 is 1.78 bits per heavy atom. The summed E-state index contributed by atoms with van der Waals surface area (Å²) in [5, 5.41) is 0. The van der Waals surface area contributed by atoms with E-state index in [0.717, 1.165) is 0 Å². The first-order chi connectivity index (χ1) is 4.25. The summed E-state index contributed by atoms with van der Waals surface area (Å²) in [5.41, 5.74) is 1.79. The molecule has 0 aromatic rings. The van der Waals surface area contributed by atoms with Crippen molar-refractivity contribution in [2.75, 3.05) is 0 Å². The molecular formula is C7H13NS. The molecule has 1 saturated heterocycles. The first-order valence-corrected chi connectivity index (χ1v) is 3.95. The van der Waals surface area contributed by atoms with Gasteiger partial charge in [0.15, 0.2) is 0 Å². The molecular weight excluding hydrogens is 130 g/mol. The average molecular weight is 143 g/mol. The van der Waals surface area contributed by atoms with Crippen LogP contribution in [-0.2, 0) is 0 Å². The van der Waals surface area contributed by atoms with Crippen molar-refractivity contribution >= 4 is 17.7 Å². The summed E-state index contributed by atoms with van der Waals surface area (Å²) >= 11 is 4.87. The van der Waals surface area contributed by atoms with E-state index in [1.54, 1.807) is 5.49 Å². The summed E-state index contributed by atoms with van der Waals surface area (Å²) in [5.74, 6) is 0. The minimum Gasteiger partial charge on any atom is -0.363 e. The summed E-state index contributed by atoms with van der Waals surface area (Å²) in [4.78, 5) is 2.26. The van der Waals surface area contributed by atoms with Crippen LogP contribution in [0.1, 0.15) is 26.7 Å². The molecule has 2 heteroatoms. The van der Waals surface area contributed by atoms with E-state index >= 15 is 0 Å². The second-order valence-electron chi connectivity index (χ2n) is 2.83. The largest absolute Gasteiger partial charge is 0.363 e. The van der Waals surface area contributed by atoms with Gasteiger partial charge in [-0.3, -0.25) is 0 Å². The molecule has 0 aromatic carbocycles. The van der Waals surface area contributed by atoms with Crippen LogP contribution in [0, 0.1) is 0 Å². The molecule has 9 heavy (non-hydrogen) atoms. The topological polar surface area (TPSA) is 3.24 Å². The molecule has 0 radical (unpaired) electrons. The zero-order chi connectivity index (χ0) is 6.85. The van der Waals surface area contributed by atoms with Gasteiger partial charge in [0.1, 0.15) is 0 Å². The van der Waals surface area contributed by atoms with E-state index in [0.29, 0.717) is 12.1 Å². The molecule has 2 unspecified atom stereocenters. The Morgan fingerprint density at radius 3 is 2.00 bits per heavy atom. The van der Waals surface area contributed by atoms with Gasteiger partial charge in [-0.25, -0.2) is 0 Å². The van der Waals surface area contributed by atoms with Crippen molar-refractivity contribution in [2.45, 2.75) is 38.8 Å². The van der Waals surface area contributed by atoms with Gasteiger partial charge in [0, 0.05) is 12.1 Å². The minimum atomic E-state index is 0.678. The molecule has 52 valence electrons. The molecule has 0 spiro atoms. The molecule has 0 aliphatic carbocycles. The van der Waals surface area contributed by atoms with Crippen molar-refractivity contribution < 1.29 is 0 Å². The molecule has 1 nitrogen and oxygen atoms in total. The van der Waals surface area contributed by atoms with Crippen molar-refractivity contribution in [3.8, 4) is 0 Å². The zero-order valence-corrected chi connectivity index (χ0v) is 6.82. The van der Waals surface area contributed by atoms with Gasteiger partial charge in [0.25, 0.3) is 0 Å². The smallest absolute Gasteiger partial charge is 0.0645 e. The summed E-state index contributed by atoms with van der Waals surface area (Å²) in [6, 6.07) is 1.36. The molecule has 1 heterocycles. The molecule has 1 rings (SSSR count). The predicted octanol–water partition coefficient (Wildman–Crippen LogP) is 1.82. The molecule has 0 saturated carbocycles. The Hall–Kier alpha value is -0.110. The monoisotopic (exact) mass is 143 g/mol. The van der Waals surface area contributed by atoms with Gasteiger partial charge in [0.05, 0.1) is 5.49 Å². The molecule has 0 aromatic heterocycles. The van der Waals surface area contributed by atoms with E-state index in [1.807, 2.05) is 0 Å². The second kappa shape index (κ2) is 2.65. The van der Waals surface area contributed by atoms with Crippen molar-refractivity contribution in [1.82, 2.24) is 4.90 Å². The van der Waals surface area contributed by atoms with Crippen LogP contribution in [0.5, 0.6) is 0 Å². The lowest BCUT2D eigenvalue weighted by atomic mass is 10.2. The molecule has 0 bridgehead atoms. The number of hydrogen-bond donors (Lipinski definition) is 0. The van der Waals surface area contributed by atoms with Crippen LogP contribution in [0.3, 0.4) is 0 Å². The maximum atomic E-state index is 4.87. The van der Waals surface area contributed by atoms with Gasteiger partial charge in [-0.1, -0.05) is 12.2 Å². The standard InChI is InChI=1S/C7H13NS/c1-6-3-4-7(2)8(6)5-9/h5-7H,3-4H2,1-2H3. The molecule has 1 aliphatic rings. The van der Waals surface area contributed by atoms with Gasteiger partial charge in [0.2, 0.25) is 0 Å². The van der Waals surface area contributed by atoms with Gasteiger partial charge in [-0.05, 0) is 26.7 Å². The molecule has 1 aliphatic heterocycles. The third-order valence-electron chi connectivity index (χ3n) is 2.14. The first kappa shape index (κ1) is 7.00. The van der Waals surface area contributed by atoms with Crippen LogP contribution >= 0.6 is 12.2 Å². The fraction of sp³-hybridized carbons (Fsp3) is 0.857. The lowest BCUT2D eigenvalue weighted by molar-refractivity contribution is 0.361. The number of rotatable bonds is 1.